The number of aliphatic carboxylic acids is 1. The Morgan fingerprint density at radius 1 is 1.09 bits per heavy atom. The Hall–Kier alpha value is -3.92. The molecule has 1 saturated heterocycles. The van der Waals surface area contributed by atoms with E-state index in [9.17, 15) is 24.2 Å². The molecule has 0 unspecified atom stereocenters. The second-order valence-electron chi connectivity index (χ2n) is 13.0. The summed E-state index contributed by atoms with van der Waals surface area (Å²) in [5.74, 6) is -1.55. The van der Waals surface area contributed by atoms with E-state index < -0.39 is 24.6 Å². The van der Waals surface area contributed by atoms with Gasteiger partial charge in [0.25, 0.3) is 5.91 Å². The summed E-state index contributed by atoms with van der Waals surface area (Å²) in [5, 5.41) is 33.0. The van der Waals surface area contributed by atoms with Crippen molar-refractivity contribution in [2.75, 3.05) is 20.1 Å². The molecule has 2 heterocycles. The number of carbonyl (C=O) groups excluding carboxylic acids is 1. The van der Waals surface area contributed by atoms with E-state index in [1.54, 1.807) is 24.3 Å². The third kappa shape index (κ3) is 7.89. The van der Waals surface area contributed by atoms with Crippen LogP contribution in [0.3, 0.4) is 0 Å². The average molecular weight is 630 g/mol. The number of aliphatic hydroxyl groups excluding tert-OH is 2. The van der Waals surface area contributed by atoms with Crippen LogP contribution in [-0.4, -0.2) is 75.5 Å². The molecular formula is C37H44FN3O5. The minimum Gasteiger partial charge on any atom is -0.481 e. The molecule has 244 valence electrons. The van der Waals surface area contributed by atoms with Crippen LogP contribution in [0.25, 0.3) is 28.5 Å². The number of piperidine rings is 1. The number of aliphatic hydroxyl groups is 2. The monoisotopic (exact) mass is 629 g/mol. The number of aromatic nitrogens is 1. The fourth-order valence-electron chi connectivity index (χ4n) is 6.58. The minimum atomic E-state index is -1.18. The number of nitrogens with zero attached hydrogens (tertiary/aromatic N) is 2. The van der Waals surface area contributed by atoms with Crippen molar-refractivity contribution < 1.29 is 29.3 Å². The summed E-state index contributed by atoms with van der Waals surface area (Å²) < 4.78 is 14.1. The maximum absolute atomic E-state index is 14.1. The van der Waals surface area contributed by atoms with E-state index >= 15 is 0 Å². The molecule has 0 bridgehead atoms. The number of carbonyl (C=O) groups is 2. The topological polar surface area (TPSA) is 123 Å². The van der Waals surface area contributed by atoms with Gasteiger partial charge in [0.15, 0.2) is 0 Å². The summed E-state index contributed by atoms with van der Waals surface area (Å²) in [4.78, 5) is 31.8. The van der Waals surface area contributed by atoms with Crippen LogP contribution >= 0.6 is 0 Å². The van der Waals surface area contributed by atoms with E-state index in [0.29, 0.717) is 12.0 Å². The normalized spacial score (nSPS) is 16.9. The summed E-state index contributed by atoms with van der Waals surface area (Å²) in [5.41, 5.74) is 7.84. The molecule has 5 rings (SSSR count). The summed E-state index contributed by atoms with van der Waals surface area (Å²) >= 11 is 0. The molecule has 4 N–H and O–H groups in total. The van der Waals surface area contributed by atoms with Gasteiger partial charge in [0.05, 0.1) is 30.0 Å². The second-order valence-corrected chi connectivity index (χ2v) is 13.0. The largest absolute Gasteiger partial charge is 0.481 e. The van der Waals surface area contributed by atoms with Gasteiger partial charge in [-0.05, 0) is 105 Å². The van der Waals surface area contributed by atoms with Crippen molar-refractivity contribution in [3.8, 4) is 22.4 Å². The van der Waals surface area contributed by atoms with Gasteiger partial charge in [0, 0.05) is 29.2 Å². The molecule has 1 aliphatic heterocycles. The maximum Gasteiger partial charge on any atom is 0.305 e. The number of carboxylic acids is 1. The Balaban J connectivity index is 1.57. The van der Waals surface area contributed by atoms with Gasteiger partial charge in [-0.25, -0.2) is 4.39 Å². The van der Waals surface area contributed by atoms with E-state index in [0.717, 1.165) is 83.5 Å². The zero-order valence-electron chi connectivity index (χ0n) is 26.8. The lowest BCUT2D eigenvalue weighted by molar-refractivity contribution is -0.139. The third-order valence-corrected chi connectivity index (χ3v) is 9.00. The Kier molecular flexibility index (Phi) is 10.7. The van der Waals surface area contributed by atoms with Crippen LogP contribution in [0, 0.1) is 5.82 Å². The first-order valence-electron chi connectivity index (χ1n) is 16.2. The fraction of sp³-hybridized carbons (Fsp3) is 0.432. The SMILES string of the molecule is CC(C)c1nc2c(c(-c3ccc(F)cc3)c1/C=C/[C@@H](O)C[C@@H](O)CC(=O)O)CCCc1cc(C(=O)NC3CCN(C)CC3)ccc1-2. The van der Waals surface area contributed by atoms with Crippen molar-refractivity contribution in [1.82, 2.24) is 15.2 Å². The second kappa shape index (κ2) is 14.7. The van der Waals surface area contributed by atoms with Crippen molar-refractivity contribution in [2.24, 2.45) is 0 Å². The number of rotatable bonds is 10. The van der Waals surface area contributed by atoms with Gasteiger partial charge in [-0.1, -0.05) is 44.2 Å². The first-order chi connectivity index (χ1) is 22.0. The number of benzene rings is 2. The van der Waals surface area contributed by atoms with Gasteiger partial charge < -0.3 is 25.5 Å². The Morgan fingerprint density at radius 3 is 2.48 bits per heavy atom. The van der Waals surface area contributed by atoms with E-state index in [1.807, 2.05) is 32.0 Å². The average Bonchev–Trinajstić information content (AvgIpc) is 3.19. The predicted octanol–water partition coefficient (Wildman–Crippen LogP) is 5.59. The third-order valence-electron chi connectivity index (χ3n) is 9.00. The zero-order chi connectivity index (χ0) is 33.0. The molecule has 8 nitrogen and oxygen atoms in total. The molecule has 1 fully saturated rings. The maximum atomic E-state index is 14.1. The highest BCUT2D eigenvalue weighted by molar-refractivity contribution is 5.95. The molecule has 1 aliphatic carbocycles. The van der Waals surface area contributed by atoms with Crippen LogP contribution in [0.2, 0.25) is 0 Å². The Bertz CT molecular complexity index is 1600. The predicted molar refractivity (Wildman–Crippen MR) is 177 cm³/mol. The minimum absolute atomic E-state index is 0.00909. The molecule has 2 aromatic carbocycles. The molecule has 0 saturated carbocycles. The Labute approximate surface area is 270 Å². The van der Waals surface area contributed by atoms with Crippen LogP contribution in [0.1, 0.15) is 84.6 Å². The molecule has 0 radical (unpaired) electrons. The van der Waals surface area contributed by atoms with Gasteiger partial charge in [-0.2, -0.15) is 0 Å². The fourth-order valence-corrected chi connectivity index (χ4v) is 6.58. The summed E-state index contributed by atoms with van der Waals surface area (Å²) in [6.45, 7) is 6.02. The first kappa shape index (κ1) is 33.4. The van der Waals surface area contributed by atoms with Gasteiger partial charge >= 0.3 is 5.97 Å². The van der Waals surface area contributed by atoms with Gasteiger partial charge in [-0.15, -0.1) is 0 Å². The van der Waals surface area contributed by atoms with Crippen molar-refractivity contribution >= 4 is 18.0 Å². The number of pyridine rings is 1. The highest BCUT2D eigenvalue weighted by atomic mass is 19.1. The molecular weight excluding hydrogens is 585 g/mol. The number of likely N-dealkylation sites (tertiary alicyclic amines) is 1. The van der Waals surface area contributed by atoms with Crippen LogP contribution in [-0.2, 0) is 17.6 Å². The number of hydrogen-bond acceptors (Lipinski definition) is 6. The first-order valence-corrected chi connectivity index (χ1v) is 16.2. The summed E-state index contributed by atoms with van der Waals surface area (Å²) in [6.07, 6.45) is 4.70. The van der Waals surface area contributed by atoms with Crippen LogP contribution in [0.4, 0.5) is 4.39 Å². The lowest BCUT2D eigenvalue weighted by Crippen LogP contribution is -2.43. The molecule has 1 amide bonds. The van der Waals surface area contributed by atoms with Crippen molar-refractivity contribution in [3.05, 3.63) is 82.3 Å². The molecule has 9 heteroatoms. The van der Waals surface area contributed by atoms with E-state index in [-0.39, 0.29) is 30.1 Å². The van der Waals surface area contributed by atoms with E-state index in [4.69, 9.17) is 10.1 Å². The summed E-state index contributed by atoms with van der Waals surface area (Å²) in [6, 6.07) is 12.4. The van der Waals surface area contributed by atoms with Gasteiger partial charge in [0.2, 0.25) is 0 Å². The number of aryl methyl sites for hydroxylation is 1. The molecule has 0 spiro atoms. The van der Waals surface area contributed by atoms with Gasteiger partial charge in [-0.3, -0.25) is 14.6 Å². The standard InChI is InChI=1S/C37H44FN3O5/c1-22(2)35-32(14-12-28(42)20-29(43)21-33(44)45)34(23-7-10-26(38)11-8-23)31-6-4-5-24-19-25(9-13-30(24)36(31)40-35)37(46)39-27-15-17-41(3)18-16-27/h7-14,19,22,27-29,42-43H,4-6,15-18,20-21H2,1-3H3,(H,39,46)(H,44,45)/b14-12+/t28-,29-/m1/s1. The number of halogens is 1. The lowest BCUT2D eigenvalue weighted by Gasteiger charge is -2.29. The van der Waals surface area contributed by atoms with Crippen LogP contribution in [0.5, 0.6) is 0 Å². The Morgan fingerprint density at radius 2 is 1.80 bits per heavy atom. The molecule has 2 atom stereocenters. The van der Waals surface area contributed by atoms with Gasteiger partial charge in [0.1, 0.15) is 5.82 Å². The van der Waals surface area contributed by atoms with Crippen molar-refractivity contribution in [2.45, 2.75) is 83.0 Å². The summed E-state index contributed by atoms with van der Waals surface area (Å²) in [7, 11) is 2.10. The number of nitrogens with one attached hydrogen (secondary N) is 1. The number of fused-ring (bicyclic) bond motifs is 3. The molecule has 2 aliphatic rings. The zero-order valence-corrected chi connectivity index (χ0v) is 26.8. The van der Waals surface area contributed by atoms with Crippen LogP contribution < -0.4 is 5.32 Å². The quantitative estimate of drug-likeness (QED) is 0.231. The molecule has 1 aromatic heterocycles. The van der Waals surface area contributed by atoms with E-state index in [2.05, 4.69) is 17.3 Å². The van der Waals surface area contributed by atoms with Crippen molar-refractivity contribution in [3.63, 3.8) is 0 Å². The number of hydrogen-bond donors (Lipinski definition) is 4. The number of amides is 1. The van der Waals surface area contributed by atoms with Crippen LogP contribution in [0.15, 0.2) is 48.5 Å². The number of carboxylic acid groups (broad SMARTS) is 1. The highest BCUT2D eigenvalue weighted by Crippen LogP contribution is 2.42. The van der Waals surface area contributed by atoms with E-state index in [1.165, 1.54) is 12.1 Å². The smallest absolute Gasteiger partial charge is 0.305 e. The van der Waals surface area contributed by atoms with Crippen molar-refractivity contribution in [1.29, 1.82) is 0 Å². The lowest BCUT2D eigenvalue weighted by atomic mass is 9.86. The molecule has 46 heavy (non-hydrogen) atoms. The highest BCUT2D eigenvalue weighted by Gasteiger charge is 2.27. The molecule has 3 aromatic rings.